The third kappa shape index (κ3) is 3.61. The van der Waals surface area contributed by atoms with E-state index >= 15 is 0 Å². The number of methoxy groups -OCH3 is 1. The second-order valence-electron chi connectivity index (χ2n) is 4.94. The molecule has 25 heavy (non-hydrogen) atoms. The van der Waals surface area contributed by atoms with Crippen LogP contribution in [-0.4, -0.2) is 48.7 Å². The normalized spacial score (nSPS) is 13.9. The maximum atomic E-state index is 14.1. The van der Waals surface area contributed by atoms with Crippen LogP contribution in [0.25, 0.3) is 0 Å². The van der Waals surface area contributed by atoms with Crippen LogP contribution in [0.4, 0.5) is 10.1 Å². The Morgan fingerprint density at radius 2 is 2.32 bits per heavy atom. The van der Waals surface area contributed by atoms with Gasteiger partial charge in [0.2, 0.25) is 0 Å². The molecule has 0 aromatic heterocycles. The Bertz CT molecular complexity index is 822. The quantitative estimate of drug-likeness (QED) is 0.543. The van der Waals surface area contributed by atoms with Crippen molar-refractivity contribution >= 4 is 45.1 Å². The van der Waals surface area contributed by atoms with Crippen molar-refractivity contribution in [1.82, 2.24) is 4.90 Å². The predicted octanol–water partition coefficient (Wildman–Crippen LogP) is 1.79. The second kappa shape index (κ2) is 7.82. The maximum Gasteiger partial charge on any atom is 0.337 e. The van der Waals surface area contributed by atoms with Gasteiger partial charge in [0, 0.05) is 6.54 Å². The molecule has 0 fully saturated rings. The standard InChI is InChI=1S/C15H12BrClFN3O4/c1-25-15(24)8-6-21(2-3-22)14(23)13(8)20-12-7(5-19)11(18)9(16)4-10(12)17/h4,20,22H,2-3,6H2,1H3. The number of aliphatic hydroxyl groups excluding tert-OH is 1. The Kier molecular flexibility index (Phi) is 6.00. The Balaban J connectivity index is 2.53. The Hall–Kier alpha value is -2.15. The van der Waals surface area contributed by atoms with Gasteiger partial charge in [0.15, 0.2) is 5.82 Å². The zero-order chi connectivity index (χ0) is 18.7. The largest absolute Gasteiger partial charge is 0.466 e. The summed E-state index contributed by atoms with van der Waals surface area (Å²) >= 11 is 9.00. The predicted molar refractivity (Wildman–Crippen MR) is 90.2 cm³/mol. The van der Waals surface area contributed by atoms with Gasteiger partial charge < -0.3 is 20.1 Å². The van der Waals surface area contributed by atoms with Crippen molar-refractivity contribution in [2.45, 2.75) is 0 Å². The first kappa shape index (κ1) is 19.2. The third-order valence-corrected chi connectivity index (χ3v) is 4.36. The topological polar surface area (TPSA) is 103 Å². The van der Waals surface area contributed by atoms with Gasteiger partial charge in [-0.25, -0.2) is 9.18 Å². The molecule has 0 saturated carbocycles. The van der Waals surface area contributed by atoms with Gasteiger partial charge in [-0.2, -0.15) is 5.26 Å². The lowest BCUT2D eigenvalue weighted by Gasteiger charge is -2.16. The van der Waals surface area contributed by atoms with Crippen LogP contribution in [0.1, 0.15) is 5.56 Å². The molecule has 0 atom stereocenters. The van der Waals surface area contributed by atoms with E-state index in [0.29, 0.717) is 0 Å². The monoisotopic (exact) mass is 431 g/mol. The highest BCUT2D eigenvalue weighted by atomic mass is 79.9. The number of nitrogens with one attached hydrogen (secondary N) is 1. The number of carbonyl (C=O) groups excluding carboxylic acids is 2. The number of ether oxygens (including phenoxy) is 1. The molecule has 0 radical (unpaired) electrons. The highest BCUT2D eigenvalue weighted by Crippen LogP contribution is 2.35. The molecule has 1 aromatic carbocycles. The number of nitriles is 1. The molecule has 7 nitrogen and oxygen atoms in total. The number of rotatable bonds is 5. The minimum atomic E-state index is -0.854. The summed E-state index contributed by atoms with van der Waals surface area (Å²) in [5, 5.41) is 20.8. The van der Waals surface area contributed by atoms with Crippen LogP contribution in [0.5, 0.6) is 0 Å². The second-order valence-corrected chi connectivity index (χ2v) is 6.20. The van der Waals surface area contributed by atoms with E-state index in [1.807, 2.05) is 0 Å². The molecule has 1 aliphatic heterocycles. The number of nitrogens with zero attached hydrogens (tertiary/aromatic N) is 2. The van der Waals surface area contributed by atoms with E-state index in [4.69, 9.17) is 16.7 Å². The Labute approximate surface area is 155 Å². The highest BCUT2D eigenvalue weighted by molar-refractivity contribution is 9.10. The van der Waals surface area contributed by atoms with Gasteiger partial charge in [-0.05, 0) is 22.0 Å². The molecule has 1 aromatic rings. The van der Waals surface area contributed by atoms with Crippen molar-refractivity contribution in [3.63, 3.8) is 0 Å². The van der Waals surface area contributed by atoms with Crippen LogP contribution in [0, 0.1) is 17.1 Å². The van der Waals surface area contributed by atoms with Gasteiger partial charge in [0.25, 0.3) is 5.91 Å². The summed E-state index contributed by atoms with van der Waals surface area (Å²) in [4.78, 5) is 25.6. The van der Waals surface area contributed by atoms with E-state index in [2.05, 4.69) is 26.0 Å². The van der Waals surface area contributed by atoms with E-state index in [1.165, 1.54) is 11.0 Å². The molecule has 132 valence electrons. The number of hydrogen-bond donors (Lipinski definition) is 2. The van der Waals surface area contributed by atoms with Gasteiger partial charge in [0.05, 0.1) is 41.0 Å². The lowest BCUT2D eigenvalue weighted by molar-refractivity contribution is -0.136. The van der Waals surface area contributed by atoms with Crippen LogP contribution < -0.4 is 5.32 Å². The fraction of sp³-hybridized carbons (Fsp3) is 0.267. The Morgan fingerprint density at radius 3 is 2.88 bits per heavy atom. The first-order valence-corrected chi connectivity index (χ1v) is 8.09. The molecule has 0 aliphatic carbocycles. The van der Waals surface area contributed by atoms with Crippen LogP contribution in [0.15, 0.2) is 21.8 Å². The van der Waals surface area contributed by atoms with Crippen molar-refractivity contribution in [2.75, 3.05) is 32.1 Å². The average molecular weight is 433 g/mol. The first-order chi connectivity index (χ1) is 11.8. The van der Waals surface area contributed by atoms with Crippen molar-refractivity contribution < 1.29 is 23.8 Å². The molecule has 2 rings (SSSR count). The molecule has 1 aliphatic rings. The summed E-state index contributed by atoms with van der Waals surface area (Å²) in [6, 6.07) is 2.90. The van der Waals surface area contributed by atoms with Crippen LogP contribution in [-0.2, 0) is 14.3 Å². The molecule has 0 saturated heterocycles. The number of esters is 1. The molecule has 1 amide bonds. The minimum absolute atomic E-state index is 0.00194. The number of anilines is 1. The number of β-amino-alcohol motifs (C(OH)–C–C–N with tert-alkyl or cyclic N) is 1. The minimum Gasteiger partial charge on any atom is -0.466 e. The van der Waals surface area contributed by atoms with Crippen molar-refractivity contribution in [3.8, 4) is 6.07 Å². The van der Waals surface area contributed by atoms with Crippen LogP contribution >= 0.6 is 27.5 Å². The molecular weight excluding hydrogens is 421 g/mol. The van der Waals surface area contributed by atoms with Crippen molar-refractivity contribution in [2.24, 2.45) is 0 Å². The van der Waals surface area contributed by atoms with Crippen molar-refractivity contribution in [3.05, 3.63) is 38.2 Å². The molecule has 0 spiro atoms. The van der Waals surface area contributed by atoms with Gasteiger partial charge in [-0.3, -0.25) is 4.79 Å². The Morgan fingerprint density at radius 1 is 1.64 bits per heavy atom. The average Bonchev–Trinajstić information content (AvgIpc) is 2.89. The fourth-order valence-corrected chi connectivity index (χ4v) is 3.11. The number of halogens is 3. The lowest BCUT2D eigenvalue weighted by atomic mass is 10.1. The molecule has 2 N–H and O–H groups in total. The summed E-state index contributed by atoms with van der Waals surface area (Å²) in [6.07, 6.45) is 0. The first-order valence-electron chi connectivity index (χ1n) is 6.91. The number of aliphatic hydroxyl groups is 1. The van der Waals surface area contributed by atoms with E-state index in [9.17, 15) is 19.2 Å². The number of carbonyl (C=O) groups is 2. The lowest BCUT2D eigenvalue weighted by Crippen LogP contribution is -2.31. The van der Waals surface area contributed by atoms with Crippen molar-refractivity contribution in [1.29, 1.82) is 5.26 Å². The fourth-order valence-electron chi connectivity index (χ4n) is 2.30. The smallest absolute Gasteiger partial charge is 0.337 e. The number of amides is 1. The SMILES string of the molecule is COC(=O)C1=C(Nc2c(Cl)cc(Br)c(F)c2C#N)C(=O)N(CCO)C1. The van der Waals surface area contributed by atoms with E-state index < -0.39 is 23.3 Å². The van der Waals surface area contributed by atoms with Gasteiger partial charge in [0.1, 0.15) is 17.3 Å². The van der Waals surface area contributed by atoms with E-state index in [1.54, 1.807) is 6.07 Å². The van der Waals surface area contributed by atoms with Gasteiger partial charge in [-0.1, -0.05) is 11.6 Å². The zero-order valence-electron chi connectivity index (χ0n) is 12.9. The molecule has 0 bridgehead atoms. The highest BCUT2D eigenvalue weighted by Gasteiger charge is 2.35. The number of hydrogen-bond acceptors (Lipinski definition) is 6. The summed E-state index contributed by atoms with van der Waals surface area (Å²) < 4.78 is 18.8. The van der Waals surface area contributed by atoms with Gasteiger partial charge in [-0.15, -0.1) is 0 Å². The molecular formula is C15H12BrClFN3O4. The number of benzene rings is 1. The molecule has 0 unspecified atom stereocenters. The van der Waals surface area contributed by atoms with E-state index in [-0.39, 0.29) is 46.1 Å². The maximum absolute atomic E-state index is 14.1. The summed E-state index contributed by atoms with van der Waals surface area (Å²) in [6.45, 7) is -0.393. The van der Waals surface area contributed by atoms with Gasteiger partial charge >= 0.3 is 5.97 Å². The summed E-state index contributed by atoms with van der Waals surface area (Å²) in [5.74, 6) is -2.21. The third-order valence-electron chi connectivity index (χ3n) is 3.49. The van der Waals surface area contributed by atoms with E-state index in [0.717, 1.165) is 7.11 Å². The van der Waals surface area contributed by atoms with Crippen LogP contribution in [0.2, 0.25) is 5.02 Å². The van der Waals surface area contributed by atoms with Crippen LogP contribution in [0.3, 0.4) is 0 Å². The summed E-state index contributed by atoms with van der Waals surface area (Å²) in [7, 11) is 1.15. The zero-order valence-corrected chi connectivity index (χ0v) is 15.2. The molecule has 10 heteroatoms. The molecule has 1 heterocycles. The summed E-state index contributed by atoms with van der Waals surface area (Å²) in [5.41, 5.74) is -0.741.